The molecule has 1 saturated heterocycles. The maximum absolute atomic E-state index is 11.2. The number of primary sulfonamides is 1. The summed E-state index contributed by atoms with van der Waals surface area (Å²) in [5.41, 5.74) is -0.119. The fraction of sp³-hybridized carbons (Fsp3) is 0.455. The van der Waals surface area contributed by atoms with Crippen molar-refractivity contribution in [1.29, 1.82) is 0 Å². The zero-order valence-corrected chi connectivity index (χ0v) is 11.9. The summed E-state index contributed by atoms with van der Waals surface area (Å²) in [6.45, 7) is 2.39. The minimum Gasteiger partial charge on any atom is -0.377 e. The van der Waals surface area contributed by atoms with E-state index in [0.29, 0.717) is 19.7 Å². The molecule has 0 amide bonds. The molecule has 1 aliphatic heterocycles. The van der Waals surface area contributed by atoms with Gasteiger partial charge < -0.3 is 15.4 Å². The maximum Gasteiger partial charge on any atom is 0.293 e. The highest BCUT2D eigenvalue weighted by Crippen LogP contribution is 2.27. The molecule has 1 aromatic carbocycles. The Morgan fingerprint density at radius 2 is 2.29 bits per heavy atom. The molecule has 21 heavy (non-hydrogen) atoms. The van der Waals surface area contributed by atoms with Crippen molar-refractivity contribution in [1.82, 2.24) is 5.32 Å². The summed E-state index contributed by atoms with van der Waals surface area (Å²) in [7, 11) is -3.98. The third kappa shape index (κ3) is 4.11. The van der Waals surface area contributed by atoms with Crippen molar-refractivity contribution < 1.29 is 18.1 Å². The molecule has 116 valence electrons. The van der Waals surface area contributed by atoms with Crippen molar-refractivity contribution >= 4 is 21.4 Å². The molecule has 1 fully saturated rings. The minimum absolute atomic E-state index is 0.101. The topological polar surface area (TPSA) is 137 Å². The monoisotopic (exact) mass is 316 g/mol. The summed E-state index contributed by atoms with van der Waals surface area (Å²) >= 11 is 0. The van der Waals surface area contributed by atoms with Gasteiger partial charge in [0.1, 0.15) is 5.69 Å². The summed E-state index contributed by atoms with van der Waals surface area (Å²) in [6, 6.07) is 3.50. The predicted octanol–water partition coefficient (Wildman–Crippen LogP) is -0.357. The predicted molar refractivity (Wildman–Crippen MR) is 75.6 cm³/mol. The van der Waals surface area contributed by atoms with Crippen LogP contribution in [0, 0.1) is 10.1 Å². The molecule has 0 spiro atoms. The van der Waals surface area contributed by atoms with E-state index < -0.39 is 14.9 Å². The number of nitrogens with two attached hydrogens (primary N) is 1. The molecule has 0 radical (unpaired) electrons. The number of benzene rings is 1. The van der Waals surface area contributed by atoms with Gasteiger partial charge in [-0.25, -0.2) is 13.6 Å². The quantitative estimate of drug-likeness (QED) is 0.498. The summed E-state index contributed by atoms with van der Waals surface area (Å²) in [5, 5.41) is 22.0. The average Bonchev–Trinajstić information content (AvgIpc) is 2.45. The highest BCUT2D eigenvalue weighted by Gasteiger charge is 2.20. The molecule has 2 rings (SSSR count). The molecular formula is C11H16N4O5S. The Kier molecular flexibility index (Phi) is 4.73. The number of hydrogen-bond acceptors (Lipinski definition) is 7. The van der Waals surface area contributed by atoms with Crippen molar-refractivity contribution in [2.24, 2.45) is 5.14 Å². The Bertz CT molecular complexity index is 628. The first-order valence-electron chi connectivity index (χ1n) is 6.25. The second-order valence-electron chi connectivity index (χ2n) is 4.56. The number of rotatable bonds is 5. The van der Waals surface area contributed by atoms with Crippen LogP contribution in [-0.2, 0) is 14.8 Å². The molecule has 4 N–H and O–H groups in total. The molecule has 1 heterocycles. The van der Waals surface area contributed by atoms with Gasteiger partial charge in [-0.3, -0.25) is 10.1 Å². The molecule has 0 saturated carbocycles. The van der Waals surface area contributed by atoms with Crippen LogP contribution in [0.1, 0.15) is 0 Å². The van der Waals surface area contributed by atoms with Gasteiger partial charge in [-0.2, -0.15) is 0 Å². The first-order chi connectivity index (χ1) is 9.88. The third-order valence-corrected chi connectivity index (χ3v) is 3.93. The zero-order chi connectivity index (χ0) is 15.5. The largest absolute Gasteiger partial charge is 0.377 e. The second-order valence-corrected chi connectivity index (χ2v) is 6.12. The number of nitro groups is 1. The van der Waals surface area contributed by atoms with Crippen LogP contribution >= 0.6 is 0 Å². The van der Waals surface area contributed by atoms with Gasteiger partial charge in [0.15, 0.2) is 0 Å². The van der Waals surface area contributed by atoms with Gasteiger partial charge in [0.2, 0.25) is 10.0 Å². The molecule has 10 heteroatoms. The molecular weight excluding hydrogens is 300 g/mol. The number of nitro benzene ring substituents is 1. The van der Waals surface area contributed by atoms with Gasteiger partial charge in [-0.05, 0) is 12.1 Å². The minimum atomic E-state index is -3.98. The Morgan fingerprint density at radius 1 is 1.52 bits per heavy atom. The number of sulfonamides is 1. The smallest absolute Gasteiger partial charge is 0.293 e. The maximum atomic E-state index is 11.2. The van der Waals surface area contributed by atoms with Crippen molar-refractivity contribution in [3.05, 3.63) is 28.3 Å². The van der Waals surface area contributed by atoms with Crippen LogP contribution in [0.2, 0.25) is 0 Å². The molecule has 0 bridgehead atoms. The van der Waals surface area contributed by atoms with Gasteiger partial charge in [0, 0.05) is 25.7 Å². The Labute approximate surface area is 121 Å². The standard InChI is InChI=1S/C11H16N4O5S/c12-21(18,19)9-1-2-10(11(5-9)15(16)17)14-7-8-6-13-3-4-20-8/h1-2,5,8,13-14H,3-4,6-7H2,(H2,12,18,19)/t8-/m1/s1. The van der Waals surface area contributed by atoms with Crippen LogP contribution in [0.15, 0.2) is 23.1 Å². The Morgan fingerprint density at radius 3 is 2.86 bits per heavy atom. The van der Waals surface area contributed by atoms with Crippen molar-refractivity contribution in [2.45, 2.75) is 11.0 Å². The lowest BCUT2D eigenvalue weighted by atomic mass is 10.2. The zero-order valence-electron chi connectivity index (χ0n) is 11.1. The van der Waals surface area contributed by atoms with Gasteiger partial charge >= 0.3 is 0 Å². The number of anilines is 1. The van der Waals surface area contributed by atoms with Crippen LogP contribution in [0.25, 0.3) is 0 Å². The van der Waals surface area contributed by atoms with E-state index in [1.54, 1.807) is 0 Å². The van der Waals surface area contributed by atoms with Crippen LogP contribution < -0.4 is 15.8 Å². The number of nitrogens with zero attached hydrogens (tertiary/aromatic N) is 1. The summed E-state index contributed by atoms with van der Waals surface area (Å²) < 4.78 is 27.9. The highest BCUT2D eigenvalue weighted by atomic mass is 32.2. The molecule has 0 aromatic heterocycles. The van der Waals surface area contributed by atoms with Crippen LogP contribution in [0.3, 0.4) is 0 Å². The lowest BCUT2D eigenvalue weighted by Crippen LogP contribution is -2.42. The average molecular weight is 316 g/mol. The SMILES string of the molecule is NS(=O)(=O)c1ccc(NC[C@H]2CNCCO2)c([N+](=O)[O-])c1. The number of nitrogens with one attached hydrogen (secondary N) is 2. The fourth-order valence-corrected chi connectivity index (χ4v) is 2.50. The lowest BCUT2D eigenvalue weighted by molar-refractivity contribution is -0.384. The molecule has 0 aliphatic carbocycles. The van der Waals surface area contributed by atoms with Crippen LogP contribution in [0.5, 0.6) is 0 Å². The van der Waals surface area contributed by atoms with E-state index >= 15 is 0 Å². The van der Waals surface area contributed by atoms with E-state index in [9.17, 15) is 18.5 Å². The Hall–Kier alpha value is -1.75. The second kappa shape index (κ2) is 6.35. The van der Waals surface area contributed by atoms with Gasteiger partial charge in [-0.15, -0.1) is 0 Å². The summed E-state index contributed by atoms with van der Waals surface area (Å²) in [4.78, 5) is 10.1. The van der Waals surface area contributed by atoms with E-state index in [0.717, 1.165) is 12.6 Å². The van der Waals surface area contributed by atoms with Crippen molar-refractivity contribution in [2.75, 3.05) is 31.6 Å². The summed E-state index contributed by atoms with van der Waals surface area (Å²) in [6.07, 6.45) is -0.101. The third-order valence-electron chi connectivity index (χ3n) is 3.02. The van der Waals surface area contributed by atoms with Crippen LogP contribution in [0.4, 0.5) is 11.4 Å². The number of hydrogen-bond donors (Lipinski definition) is 3. The van der Waals surface area contributed by atoms with E-state index in [1.807, 2.05) is 0 Å². The van der Waals surface area contributed by atoms with Crippen molar-refractivity contribution in [3.63, 3.8) is 0 Å². The first-order valence-corrected chi connectivity index (χ1v) is 7.80. The van der Waals surface area contributed by atoms with E-state index in [4.69, 9.17) is 9.88 Å². The van der Waals surface area contributed by atoms with E-state index in [-0.39, 0.29) is 22.4 Å². The van der Waals surface area contributed by atoms with Gasteiger partial charge in [0.25, 0.3) is 5.69 Å². The van der Waals surface area contributed by atoms with E-state index in [1.165, 1.54) is 12.1 Å². The first kappa shape index (κ1) is 15.6. The highest BCUT2D eigenvalue weighted by molar-refractivity contribution is 7.89. The van der Waals surface area contributed by atoms with Gasteiger partial charge in [-0.1, -0.05) is 0 Å². The molecule has 1 aromatic rings. The van der Waals surface area contributed by atoms with Gasteiger partial charge in [0.05, 0.1) is 22.5 Å². The van der Waals surface area contributed by atoms with Crippen molar-refractivity contribution in [3.8, 4) is 0 Å². The summed E-state index contributed by atoms with van der Waals surface area (Å²) in [5.74, 6) is 0. The van der Waals surface area contributed by atoms with Crippen LogP contribution in [-0.4, -0.2) is 45.7 Å². The molecule has 1 atom stereocenters. The fourth-order valence-electron chi connectivity index (χ4n) is 1.96. The molecule has 1 aliphatic rings. The molecule has 0 unspecified atom stereocenters. The normalized spacial score (nSPS) is 19.2. The van der Waals surface area contributed by atoms with E-state index in [2.05, 4.69) is 10.6 Å². The number of ether oxygens (including phenoxy) is 1. The number of morpholine rings is 1. The molecule has 9 nitrogen and oxygen atoms in total. The Balaban J connectivity index is 2.16. The lowest BCUT2D eigenvalue weighted by Gasteiger charge is -2.24.